The van der Waals surface area contributed by atoms with E-state index in [4.69, 9.17) is 4.74 Å². The number of aliphatic hydroxyl groups excluding tert-OH is 1. The number of carbonyl (C=O) groups is 1. The molecule has 1 saturated carbocycles. The largest absolute Gasteiger partial charge is 0.506 e. The van der Waals surface area contributed by atoms with Crippen molar-refractivity contribution in [3.8, 4) is 5.75 Å². The summed E-state index contributed by atoms with van der Waals surface area (Å²) in [5.41, 5.74) is -1.44. The van der Waals surface area contributed by atoms with E-state index >= 15 is 0 Å². The summed E-state index contributed by atoms with van der Waals surface area (Å²) in [6, 6.07) is -0.313. The van der Waals surface area contributed by atoms with E-state index in [2.05, 4.69) is 9.73 Å². The molecule has 0 heterocycles. The topological polar surface area (TPSA) is 68.1 Å². The first-order valence-corrected chi connectivity index (χ1v) is 7.31. The number of rotatable bonds is 6. The monoisotopic (exact) mass is 361 g/mol. The number of nitrogens with zero attached hydrogens (tertiary/aromatic N) is 1. The smallest absolute Gasteiger partial charge is 0.343 e. The summed E-state index contributed by atoms with van der Waals surface area (Å²) in [6.07, 6.45) is -0.187. The molecule has 0 amide bonds. The zero-order valence-electron chi connectivity index (χ0n) is 13.4. The van der Waals surface area contributed by atoms with Gasteiger partial charge in [0, 0.05) is 12.6 Å². The molecule has 25 heavy (non-hydrogen) atoms. The molecule has 1 fully saturated rings. The van der Waals surface area contributed by atoms with Crippen LogP contribution in [-0.4, -0.2) is 43.2 Å². The molecular weight excluding hydrogens is 346 g/mol. The summed E-state index contributed by atoms with van der Waals surface area (Å²) >= 11 is 0. The van der Waals surface area contributed by atoms with Crippen molar-refractivity contribution in [2.24, 2.45) is 4.99 Å². The van der Waals surface area contributed by atoms with Gasteiger partial charge in [0.1, 0.15) is 17.5 Å². The Balaban J connectivity index is 2.55. The molecule has 5 nitrogen and oxygen atoms in total. The summed E-state index contributed by atoms with van der Waals surface area (Å²) in [4.78, 5) is 15.7. The molecule has 0 aliphatic heterocycles. The van der Waals surface area contributed by atoms with Gasteiger partial charge in [0.05, 0.1) is 25.3 Å². The van der Waals surface area contributed by atoms with Crippen LogP contribution in [0.5, 0.6) is 5.75 Å². The first-order valence-electron chi connectivity index (χ1n) is 7.31. The van der Waals surface area contributed by atoms with Crippen LogP contribution in [0, 0.1) is 17.5 Å². The van der Waals surface area contributed by atoms with Crippen molar-refractivity contribution in [2.75, 3.05) is 13.7 Å². The molecule has 2 rings (SSSR count). The van der Waals surface area contributed by atoms with Gasteiger partial charge in [-0.25, -0.2) is 18.0 Å². The first-order chi connectivity index (χ1) is 11.8. The fraction of sp³-hybridized carbons (Fsp3) is 0.375. The summed E-state index contributed by atoms with van der Waals surface area (Å²) in [7, 11) is 0.910. The molecule has 2 atom stereocenters. The molecule has 1 aliphatic carbocycles. The number of aliphatic imine (C=N–C) groups is 1. The Bertz CT molecular complexity index is 748. The molecule has 9 heteroatoms. The van der Waals surface area contributed by atoms with Crippen molar-refractivity contribution >= 4 is 17.9 Å². The SMILES string of the molecule is CCOC(=O)C(C=NC1C[C@H]1F)=C(O)c1cc(F)c(F)c(OC)c1F. The minimum atomic E-state index is -1.58. The van der Waals surface area contributed by atoms with Crippen molar-refractivity contribution in [3.63, 3.8) is 0 Å². The molecule has 1 aliphatic rings. The number of hydrogen-bond donors (Lipinski definition) is 1. The summed E-state index contributed by atoms with van der Waals surface area (Å²) < 4.78 is 63.4. The predicted octanol–water partition coefficient (Wildman–Crippen LogP) is 3.13. The number of benzene rings is 1. The van der Waals surface area contributed by atoms with Gasteiger partial charge < -0.3 is 14.6 Å². The number of hydrogen-bond acceptors (Lipinski definition) is 5. The Morgan fingerprint density at radius 3 is 2.56 bits per heavy atom. The average Bonchev–Trinajstić information content (AvgIpc) is 3.27. The number of alkyl halides is 1. The molecule has 1 N–H and O–H groups in total. The van der Waals surface area contributed by atoms with E-state index in [0.29, 0.717) is 6.07 Å². The molecule has 1 aromatic carbocycles. The van der Waals surface area contributed by atoms with E-state index in [0.717, 1.165) is 13.3 Å². The van der Waals surface area contributed by atoms with Crippen molar-refractivity contribution in [1.29, 1.82) is 0 Å². The molecule has 136 valence electrons. The quantitative estimate of drug-likeness (QED) is 0.211. The van der Waals surface area contributed by atoms with Gasteiger partial charge in [-0.2, -0.15) is 4.39 Å². The number of aliphatic hydroxyl groups is 1. The summed E-state index contributed by atoms with van der Waals surface area (Å²) in [6.45, 7) is 1.42. The summed E-state index contributed by atoms with van der Waals surface area (Å²) in [5, 5.41) is 10.2. The maximum Gasteiger partial charge on any atom is 0.343 e. The van der Waals surface area contributed by atoms with Gasteiger partial charge in [-0.15, -0.1) is 0 Å². The predicted molar refractivity (Wildman–Crippen MR) is 80.8 cm³/mol. The zero-order valence-corrected chi connectivity index (χ0v) is 13.4. The minimum absolute atomic E-state index is 0.0673. The van der Waals surface area contributed by atoms with E-state index in [-0.39, 0.29) is 13.0 Å². The van der Waals surface area contributed by atoms with Crippen LogP contribution >= 0.6 is 0 Å². The number of carbonyl (C=O) groups excluding carboxylic acids is 1. The van der Waals surface area contributed by atoms with Crippen LogP contribution in [0.1, 0.15) is 18.9 Å². The third-order valence-corrected chi connectivity index (χ3v) is 3.40. The molecule has 1 unspecified atom stereocenters. The molecular formula is C16H15F4NO4. The van der Waals surface area contributed by atoms with Gasteiger partial charge >= 0.3 is 5.97 Å². The van der Waals surface area contributed by atoms with Gasteiger partial charge in [0.25, 0.3) is 0 Å². The standard InChI is InChI=1S/C16H15F4NO4/c1-3-25-16(23)8(6-21-11-5-9(11)17)14(22)7-4-10(18)13(20)15(24-2)12(7)19/h4,6,9,11,22H,3,5H2,1-2H3/t9-,11?/m1/s1. The lowest BCUT2D eigenvalue weighted by atomic mass is 10.1. The number of esters is 1. The third kappa shape index (κ3) is 3.92. The van der Waals surface area contributed by atoms with Crippen LogP contribution < -0.4 is 4.74 Å². The van der Waals surface area contributed by atoms with E-state index in [1.54, 1.807) is 0 Å². The Hall–Kier alpha value is -2.58. The van der Waals surface area contributed by atoms with E-state index in [1.165, 1.54) is 6.92 Å². The van der Waals surface area contributed by atoms with Gasteiger partial charge in [-0.1, -0.05) is 0 Å². The Labute approximate surface area is 140 Å². The van der Waals surface area contributed by atoms with Crippen LogP contribution in [0.2, 0.25) is 0 Å². The molecule has 0 radical (unpaired) electrons. The normalized spacial score (nSPS) is 20.4. The lowest BCUT2D eigenvalue weighted by molar-refractivity contribution is -0.137. The highest BCUT2D eigenvalue weighted by molar-refractivity contribution is 6.15. The van der Waals surface area contributed by atoms with E-state index < -0.39 is 58.3 Å². The maximum absolute atomic E-state index is 14.3. The van der Waals surface area contributed by atoms with Crippen molar-refractivity contribution in [1.82, 2.24) is 0 Å². The lowest BCUT2D eigenvalue weighted by Crippen LogP contribution is -2.13. The fourth-order valence-electron chi connectivity index (χ4n) is 1.97. The average molecular weight is 361 g/mol. The molecule has 0 aromatic heterocycles. The van der Waals surface area contributed by atoms with Crippen LogP contribution in [0.3, 0.4) is 0 Å². The van der Waals surface area contributed by atoms with Gasteiger partial charge in [-0.05, 0) is 13.0 Å². The highest BCUT2D eigenvalue weighted by Gasteiger charge is 2.37. The second-order valence-electron chi connectivity index (χ2n) is 5.15. The molecule has 1 aromatic rings. The van der Waals surface area contributed by atoms with Gasteiger partial charge in [0.15, 0.2) is 17.4 Å². The summed E-state index contributed by atoms with van der Waals surface area (Å²) in [5.74, 6) is -7.67. The lowest BCUT2D eigenvalue weighted by Gasteiger charge is -2.11. The minimum Gasteiger partial charge on any atom is -0.506 e. The van der Waals surface area contributed by atoms with Gasteiger partial charge in [-0.3, -0.25) is 4.99 Å². The molecule has 0 spiro atoms. The zero-order chi connectivity index (χ0) is 18.7. The highest BCUT2D eigenvalue weighted by atomic mass is 19.2. The molecule has 0 bridgehead atoms. The fourth-order valence-corrected chi connectivity index (χ4v) is 1.97. The number of halogens is 4. The number of ether oxygens (including phenoxy) is 2. The van der Waals surface area contributed by atoms with Crippen molar-refractivity contribution < 1.29 is 36.9 Å². The van der Waals surface area contributed by atoms with E-state index in [9.17, 15) is 27.5 Å². The first kappa shape index (κ1) is 18.8. The Kier molecular flexibility index (Phi) is 5.66. The van der Waals surface area contributed by atoms with Crippen molar-refractivity contribution in [3.05, 3.63) is 34.7 Å². The number of methoxy groups -OCH3 is 1. The van der Waals surface area contributed by atoms with Crippen LogP contribution in [0.4, 0.5) is 17.6 Å². The van der Waals surface area contributed by atoms with E-state index in [1.807, 2.05) is 0 Å². The second kappa shape index (κ2) is 7.54. The highest BCUT2D eigenvalue weighted by Crippen LogP contribution is 2.32. The Morgan fingerprint density at radius 2 is 2.04 bits per heavy atom. The van der Waals surface area contributed by atoms with Gasteiger partial charge in [0.2, 0.25) is 5.82 Å². The Morgan fingerprint density at radius 1 is 1.40 bits per heavy atom. The molecule has 0 saturated heterocycles. The maximum atomic E-state index is 14.3. The second-order valence-corrected chi connectivity index (χ2v) is 5.15. The van der Waals surface area contributed by atoms with Crippen molar-refractivity contribution in [2.45, 2.75) is 25.6 Å². The van der Waals surface area contributed by atoms with Crippen LogP contribution in [-0.2, 0) is 9.53 Å². The third-order valence-electron chi connectivity index (χ3n) is 3.40. The van der Waals surface area contributed by atoms with Crippen LogP contribution in [0.15, 0.2) is 16.6 Å². The van der Waals surface area contributed by atoms with Crippen LogP contribution in [0.25, 0.3) is 5.76 Å².